The van der Waals surface area contributed by atoms with E-state index >= 15 is 0 Å². The van der Waals surface area contributed by atoms with Crippen LogP contribution in [0.2, 0.25) is 0 Å². The lowest BCUT2D eigenvalue weighted by atomic mass is 10.0. The molecule has 2 heterocycles. The number of aromatic nitrogens is 2. The van der Waals surface area contributed by atoms with Crippen LogP contribution in [-0.2, 0) is 19.3 Å². The zero-order valence-corrected chi connectivity index (χ0v) is 17.3. The Morgan fingerprint density at radius 3 is 2.69 bits per heavy atom. The Balaban J connectivity index is 1.39. The maximum atomic E-state index is 12.8. The van der Waals surface area contributed by atoms with Crippen LogP contribution in [0, 0.1) is 5.92 Å². The molecule has 0 unspecified atom stereocenters. The molecule has 1 aromatic carbocycles. The molecular weight excluding hydrogens is 364 g/mol. The second kappa shape index (κ2) is 8.49. The molecule has 0 radical (unpaired) electrons. The first-order valence-electron chi connectivity index (χ1n) is 10.7. The minimum absolute atomic E-state index is 0.0922. The van der Waals surface area contributed by atoms with Gasteiger partial charge in [0.1, 0.15) is 5.69 Å². The SMILES string of the molecule is CC(C)Cc1cc(C(=O)N[C@@H]2CCCN(C3Cc4ccccc4C3)C2)nc(=O)[nH]1. The molecule has 1 aromatic heterocycles. The van der Waals surface area contributed by atoms with Crippen molar-refractivity contribution in [1.29, 1.82) is 0 Å². The molecule has 154 valence electrons. The van der Waals surface area contributed by atoms with Gasteiger partial charge in [0.2, 0.25) is 0 Å². The van der Waals surface area contributed by atoms with Crippen molar-refractivity contribution in [2.24, 2.45) is 5.92 Å². The predicted octanol–water partition coefficient (Wildman–Crippen LogP) is 2.33. The molecule has 0 bridgehead atoms. The summed E-state index contributed by atoms with van der Waals surface area (Å²) < 4.78 is 0. The average Bonchev–Trinajstić information content (AvgIpc) is 3.11. The van der Waals surface area contributed by atoms with E-state index in [-0.39, 0.29) is 17.6 Å². The maximum absolute atomic E-state index is 12.8. The summed E-state index contributed by atoms with van der Waals surface area (Å²) in [4.78, 5) is 33.8. The highest BCUT2D eigenvalue weighted by atomic mass is 16.2. The number of hydrogen-bond acceptors (Lipinski definition) is 4. The number of amides is 1. The summed E-state index contributed by atoms with van der Waals surface area (Å²) >= 11 is 0. The van der Waals surface area contributed by atoms with Gasteiger partial charge in [0.25, 0.3) is 5.91 Å². The minimum atomic E-state index is -0.456. The van der Waals surface area contributed by atoms with Crippen molar-refractivity contribution >= 4 is 5.91 Å². The predicted molar refractivity (Wildman–Crippen MR) is 113 cm³/mol. The fraction of sp³-hybridized carbons (Fsp3) is 0.522. The summed E-state index contributed by atoms with van der Waals surface area (Å²) in [6.07, 6.45) is 4.93. The number of hydrogen-bond donors (Lipinski definition) is 2. The third-order valence-corrected chi connectivity index (χ3v) is 6.00. The van der Waals surface area contributed by atoms with E-state index in [0.717, 1.165) is 50.9 Å². The second-order valence-electron chi connectivity index (χ2n) is 8.83. The van der Waals surface area contributed by atoms with Crippen LogP contribution in [0.3, 0.4) is 0 Å². The number of nitrogens with one attached hydrogen (secondary N) is 2. The smallest absolute Gasteiger partial charge is 0.345 e. The Kier molecular flexibility index (Phi) is 5.81. The highest BCUT2D eigenvalue weighted by Gasteiger charge is 2.31. The quantitative estimate of drug-likeness (QED) is 0.816. The lowest BCUT2D eigenvalue weighted by Gasteiger charge is -2.37. The first-order valence-corrected chi connectivity index (χ1v) is 10.7. The summed E-state index contributed by atoms with van der Waals surface area (Å²) in [6, 6.07) is 11.0. The highest BCUT2D eigenvalue weighted by Crippen LogP contribution is 2.27. The van der Waals surface area contributed by atoms with Crippen molar-refractivity contribution in [3.05, 3.63) is 63.3 Å². The summed E-state index contributed by atoms with van der Waals surface area (Å²) in [7, 11) is 0. The molecule has 0 spiro atoms. The van der Waals surface area contributed by atoms with Gasteiger partial charge < -0.3 is 10.3 Å². The number of carbonyl (C=O) groups excluding carboxylic acids is 1. The molecule has 1 aliphatic heterocycles. The number of nitrogens with zero attached hydrogens (tertiary/aromatic N) is 2. The molecule has 2 N–H and O–H groups in total. The van der Waals surface area contributed by atoms with E-state index in [9.17, 15) is 9.59 Å². The Hall–Kier alpha value is -2.47. The van der Waals surface area contributed by atoms with Gasteiger partial charge in [-0.3, -0.25) is 9.69 Å². The molecule has 6 nitrogen and oxygen atoms in total. The van der Waals surface area contributed by atoms with Crippen molar-refractivity contribution in [2.75, 3.05) is 13.1 Å². The normalized spacial score (nSPS) is 20.0. The van der Waals surface area contributed by atoms with E-state index in [1.807, 2.05) is 0 Å². The van der Waals surface area contributed by atoms with Crippen LogP contribution in [0.1, 0.15) is 54.0 Å². The Bertz CT molecular complexity index is 911. The van der Waals surface area contributed by atoms with Gasteiger partial charge in [0.05, 0.1) is 0 Å². The third kappa shape index (κ3) is 4.75. The van der Waals surface area contributed by atoms with Crippen LogP contribution in [0.15, 0.2) is 35.1 Å². The fourth-order valence-corrected chi connectivity index (χ4v) is 4.68. The summed E-state index contributed by atoms with van der Waals surface area (Å²) in [6.45, 7) is 6.09. The largest absolute Gasteiger partial charge is 0.347 e. The van der Waals surface area contributed by atoms with Gasteiger partial charge in [-0.25, -0.2) is 4.79 Å². The van der Waals surface area contributed by atoms with Crippen LogP contribution in [0.4, 0.5) is 0 Å². The molecule has 1 fully saturated rings. The standard InChI is InChI=1S/C23H30N4O2/c1-15(2)10-19-13-21(26-23(29)25-19)22(28)24-18-8-5-9-27(14-18)20-11-16-6-3-4-7-17(16)12-20/h3-4,6-7,13,15,18,20H,5,8-12,14H2,1-2H3,(H,24,28)(H,25,26,29)/t18-/m1/s1. The monoisotopic (exact) mass is 394 g/mol. The van der Waals surface area contributed by atoms with E-state index < -0.39 is 5.69 Å². The molecule has 0 saturated carbocycles. The van der Waals surface area contributed by atoms with E-state index in [2.05, 4.69) is 58.3 Å². The lowest BCUT2D eigenvalue weighted by Crippen LogP contribution is -2.51. The van der Waals surface area contributed by atoms with Crippen molar-refractivity contribution in [3.8, 4) is 0 Å². The zero-order chi connectivity index (χ0) is 20.4. The van der Waals surface area contributed by atoms with Crippen LogP contribution in [0.5, 0.6) is 0 Å². The molecule has 2 aliphatic rings. The van der Waals surface area contributed by atoms with Gasteiger partial charge in [0, 0.05) is 24.3 Å². The van der Waals surface area contributed by atoms with E-state index in [0.29, 0.717) is 12.0 Å². The summed E-state index contributed by atoms with van der Waals surface area (Å²) in [5.74, 6) is 0.147. The molecular formula is C23H30N4O2. The second-order valence-corrected chi connectivity index (χ2v) is 8.83. The molecule has 2 aromatic rings. The van der Waals surface area contributed by atoms with Crippen molar-refractivity contribution < 1.29 is 4.79 Å². The molecule has 1 atom stereocenters. The van der Waals surface area contributed by atoms with Crippen molar-refractivity contribution in [3.63, 3.8) is 0 Å². The number of fused-ring (bicyclic) bond motifs is 1. The number of piperidine rings is 1. The number of H-pyrrole nitrogens is 1. The molecule has 1 aliphatic carbocycles. The third-order valence-electron chi connectivity index (χ3n) is 6.00. The lowest BCUT2D eigenvalue weighted by molar-refractivity contribution is 0.0871. The van der Waals surface area contributed by atoms with Crippen LogP contribution >= 0.6 is 0 Å². The highest BCUT2D eigenvalue weighted by molar-refractivity contribution is 5.92. The molecule has 29 heavy (non-hydrogen) atoms. The molecule has 6 heteroatoms. The number of likely N-dealkylation sites (tertiary alicyclic amines) is 1. The fourth-order valence-electron chi connectivity index (χ4n) is 4.68. The van der Waals surface area contributed by atoms with Crippen molar-refractivity contribution in [1.82, 2.24) is 20.2 Å². The maximum Gasteiger partial charge on any atom is 0.345 e. The zero-order valence-electron chi connectivity index (χ0n) is 17.3. The van der Waals surface area contributed by atoms with Gasteiger partial charge in [-0.15, -0.1) is 0 Å². The first-order chi connectivity index (χ1) is 14.0. The van der Waals surface area contributed by atoms with E-state index in [1.54, 1.807) is 6.07 Å². The van der Waals surface area contributed by atoms with Crippen molar-refractivity contribution in [2.45, 2.75) is 58.0 Å². The first kappa shape index (κ1) is 19.8. The number of rotatable bonds is 5. The number of benzene rings is 1. The van der Waals surface area contributed by atoms with E-state index in [1.165, 1.54) is 11.1 Å². The van der Waals surface area contributed by atoms with Gasteiger partial charge in [-0.05, 0) is 61.8 Å². The Morgan fingerprint density at radius 1 is 1.28 bits per heavy atom. The van der Waals surface area contributed by atoms with E-state index in [4.69, 9.17) is 0 Å². The minimum Gasteiger partial charge on any atom is -0.347 e. The van der Waals surface area contributed by atoms with Gasteiger partial charge in [-0.2, -0.15) is 4.98 Å². The molecule has 1 saturated heterocycles. The Morgan fingerprint density at radius 2 is 2.00 bits per heavy atom. The molecule has 4 rings (SSSR count). The summed E-state index contributed by atoms with van der Waals surface area (Å²) in [5.41, 5.74) is 3.43. The van der Waals surface area contributed by atoms with Gasteiger partial charge >= 0.3 is 5.69 Å². The van der Waals surface area contributed by atoms with Crippen LogP contribution < -0.4 is 11.0 Å². The number of carbonyl (C=O) groups is 1. The molecule has 1 amide bonds. The van der Waals surface area contributed by atoms with Gasteiger partial charge in [-0.1, -0.05) is 38.1 Å². The summed E-state index contributed by atoms with van der Waals surface area (Å²) in [5, 5.41) is 3.12. The average molecular weight is 395 g/mol. The Labute approximate surface area is 171 Å². The van der Waals surface area contributed by atoms with Crippen LogP contribution in [0.25, 0.3) is 0 Å². The number of aromatic amines is 1. The van der Waals surface area contributed by atoms with Gasteiger partial charge in [0.15, 0.2) is 0 Å². The van der Waals surface area contributed by atoms with Crippen LogP contribution in [-0.4, -0.2) is 45.9 Å². The topological polar surface area (TPSA) is 78.1 Å².